The fourth-order valence-corrected chi connectivity index (χ4v) is 0.450. The average Bonchev–Trinajstić information content (AvgIpc) is 1.85. The zero-order valence-electron chi connectivity index (χ0n) is 6.59. The van der Waals surface area contributed by atoms with Crippen LogP contribution in [0, 0.1) is 0 Å². The molecule has 0 aromatic carbocycles. The van der Waals surface area contributed by atoms with Crippen LogP contribution in [0.1, 0.15) is 13.8 Å². The molecule has 0 rings (SSSR count). The Morgan fingerprint density at radius 2 is 2.00 bits per heavy atom. The maximum atomic E-state index is 3.97. The monoisotopic (exact) mass is 135 g/mol. The number of allylic oxidation sites excluding steroid dienone is 4. The van der Waals surface area contributed by atoms with Crippen LogP contribution in [-0.4, -0.2) is 6.21 Å². The molecule has 0 fully saturated rings. The van der Waals surface area contributed by atoms with Gasteiger partial charge in [-0.15, -0.1) is 0 Å². The highest BCUT2D eigenvalue weighted by Gasteiger charge is 1.78. The van der Waals surface area contributed by atoms with Crippen molar-refractivity contribution >= 4 is 6.21 Å². The van der Waals surface area contributed by atoms with E-state index < -0.39 is 0 Å². The molecular weight excluding hydrogens is 122 g/mol. The van der Waals surface area contributed by atoms with Gasteiger partial charge in [-0.2, -0.15) is 0 Å². The highest BCUT2D eigenvalue weighted by Crippen LogP contribution is 1.92. The van der Waals surface area contributed by atoms with Crippen LogP contribution in [0.25, 0.3) is 0 Å². The van der Waals surface area contributed by atoms with E-state index in [0.717, 1.165) is 11.3 Å². The third kappa shape index (κ3) is 5.04. The van der Waals surface area contributed by atoms with Crippen molar-refractivity contribution in [2.24, 2.45) is 4.99 Å². The maximum Gasteiger partial charge on any atom is 0.0337 e. The fraction of sp³-hybridized carbons (Fsp3) is 0.222. The second kappa shape index (κ2) is 4.74. The van der Waals surface area contributed by atoms with Crippen molar-refractivity contribution in [3.63, 3.8) is 0 Å². The smallest absolute Gasteiger partial charge is 0.0337 e. The Morgan fingerprint density at radius 1 is 1.40 bits per heavy atom. The molecule has 54 valence electrons. The maximum absolute atomic E-state index is 3.97. The molecule has 0 aromatic heterocycles. The summed E-state index contributed by atoms with van der Waals surface area (Å²) in [5.41, 5.74) is 1.69. The van der Waals surface area contributed by atoms with Crippen LogP contribution in [0.15, 0.2) is 41.6 Å². The van der Waals surface area contributed by atoms with Crippen molar-refractivity contribution in [3.05, 3.63) is 36.6 Å². The minimum absolute atomic E-state index is 0.797. The van der Waals surface area contributed by atoms with Gasteiger partial charge in [-0.05, 0) is 19.4 Å². The first kappa shape index (κ1) is 8.89. The zero-order valence-corrected chi connectivity index (χ0v) is 6.59. The van der Waals surface area contributed by atoms with Gasteiger partial charge < -0.3 is 0 Å². The summed E-state index contributed by atoms with van der Waals surface area (Å²) in [4.78, 5) is 3.97. The quantitative estimate of drug-likeness (QED) is 0.417. The molecular formula is C9H13N. The molecule has 0 unspecified atom stereocenters. The second-order valence-corrected chi connectivity index (χ2v) is 2.07. The lowest BCUT2D eigenvalue weighted by Crippen LogP contribution is -1.75. The first-order valence-electron chi connectivity index (χ1n) is 3.18. The summed E-state index contributed by atoms with van der Waals surface area (Å²) in [5, 5.41) is 0. The van der Waals surface area contributed by atoms with Gasteiger partial charge in [-0.3, -0.25) is 4.99 Å². The number of aliphatic imine (C=N–C) groups is 1. The van der Waals surface area contributed by atoms with Crippen LogP contribution in [0.2, 0.25) is 0 Å². The molecule has 0 spiro atoms. The van der Waals surface area contributed by atoms with Gasteiger partial charge >= 0.3 is 0 Å². The van der Waals surface area contributed by atoms with Gasteiger partial charge in [0, 0.05) is 11.9 Å². The normalized spacial score (nSPS) is 11.0. The van der Waals surface area contributed by atoms with Gasteiger partial charge in [0.05, 0.1) is 0 Å². The van der Waals surface area contributed by atoms with Crippen LogP contribution in [-0.2, 0) is 0 Å². The summed E-state index contributed by atoms with van der Waals surface area (Å²) in [6, 6.07) is 0. The summed E-state index contributed by atoms with van der Waals surface area (Å²) >= 11 is 0. The molecule has 0 aliphatic heterocycles. The zero-order chi connectivity index (χ0) is 7.98. The lowest BCUT2D eigenvalue weighted by atomic mass is 10.3. The van der Waals surface area contributed by atoms with Crippen LogP contribution in [0.3, 0.4) is 0 Å². The Morgan fingerprint density at radius 3 is 2.40 bits per heavy atom. The molecule has 0 aliphatic rings. The molecule has 0 saturated heterocycles. The molecule has 0 heterocycles. The molecule has 1 nitrogen and oxygen atoms in total. The van der Waals surface area contributed by atoms with Gasteiger partial charge in [-0.1, -0.05) is 25.3 Å². The molecule has 0 amide bonds. The molecule has 1 heteroatoms. The van der Waals surface area contributed by atoms with Crippen molar-refractivity contribution in [1.29, 1.82) is 0 Å². The Hall–Kier alpha value is -1.11. The molecule has 0 aromatic rings. The summed E-state index contributed by atoms with van der Waals surface area (Å²) < 4.78 is 0. The van der Waals surface area contributed by atoms with Gasteiger partial charge in [0.15, 0.2) is 0 Å². The predicted octanol–water partition coefficient (Wildman–Crippen LogP) is 2.72. The van der Waals surface area contributed by atoms with Crippen molar-refractivity contribution in [2.45, 2.75) is 13.8 Å². The number of rotatable bonds is 3. The molecule has 0 bridgehead atoms. The Bertz CT molecular complexity index is 185. The topological polar surface area (TPSA) is 12.4 Å². The van der Waals surface area contributed by atoms with Crippen molar-refractivity contribution in [3.8, 4) is 0 Å². The van der Waals surface area contributed by atoms with Crippen LogP contribution in [0.5, 0.6) is 0 Å². The lowest BCUT2D eigenvalue weighted by Gasteiger charge is -1.87. The first-order valence-corrected chi connectivity index (χ1v) is 3.18. The fourth-order valence-electron chi connectivity index (χ4n) is 0.450. The third-order valence-corrected chi connectivity index (χ3v) is 0.832. The van der Waals surface area contributed by atoms with E-state index in [2.05, 4.69) is 18.2 Å². The van der Waals surface area contributed by atoms with E-state index in [1.807, 2.05) is 26.0 Å². The molecule has 0 radical (unpaired) electrons. The van der Waals surface area contributed by atoms with Crippen molar-refractivity contribution < 1.29 is 0 Å². The van der Waals surface area contributed by atoms with Gasteiger partial charge in [0.1, 0.15) is 0 Å². The number of hydrogen-bond acceptors (Lipinski definition) is 1. The molecule has 0 aliphatic carbocycles. The largest absolute Gasteiger partial charge is 0.262 e. The van der Waals surface area contributed by atoms with E-state index in [0.29, 0.717) is 0 Å². The minimum atomic E-state index is 0.797. The standard InChI is InChI=1S/C9H13N/c1-5-6-9(4)7-10-8(2)3/h5-7H,2,4H2,1,3H3/b6-5-,10-7?. The van der Waals surface area contributed by atoms with E-state index in [1.54, 1.807) is 6.21 Å². The van der Waals surface area contributed by atoms with Crippen molar-refractivity contribution in [2.75, 3.05) is 0 Å². The minimum Gasteiger partial charge on any atom is -0.262 e. The first-order chi connectivity index (χ1) is 4.66. The summed E-state index contributed by atoms with van der Waals surface area (Å²) in [6.45, 7) is 11.2. The highest BCUT2D eigenvalue weighted by atomic mass is 14.7. The summed E-state index contributed by atoms with van der Waals surface area (Å²) in [5.74, 6) is 0. The predicted molar refractivity (Wildman–Crippen MR) is 47.3 cm³/mol. The SMILES string of the molecule is C=C(C=NC(=C)C)/C=C\C. The number of nitrogens with zero attached hydrogens (tertiary/aromatic N) is 1. The van der Waals surface area contributed by atoms with Crippen LogP contribution >= 0.6 is 0 Å². The Balaban J connectivity index is 3.90. The van der Waals surface area contributed by atoms with E-state index in [9.17, 15) is 0 Å². The second-order valence-electron chi connectivity index (χ2n) is 2.07. The van der Waals surface area contributed by atoms with E-state index in [-0.39, 0.29) is 0 Å². The van der Waals surface area contributed by atoms with Gasteiger partial charge in [0.2, 0.25) is 0 Å². The van der Waals surface area contributed by atoms with Crippen LogP contribution < -0.4 is 0 Å². The van der Waals surface area contributed by atoms with Gasteiger partial charge in [0.25, 0.3) is 0 Å². The third-order valence-electron chi connectivity index (χ3n) is 0.832. The average molecular weight is 135 g/mol. The van der Waals surface area contributed by atoms with Crippen molar-refractivity contribution in [1.82, 2.24) is 0 Å². The number of hydrogen-bond donors (Lipinski definition) is 0. The summed E-state index contributed by atoms with van der Waals surface area (Å²) in [7, 11) is 0. The van der Waals surface area contributed by atoms with E-state index in [1.165, 1.54) is 0 Å². The molecule has 0 saturated carbocycles. The van der Waals surface area contributed by atoms with E-state index >= 15 is 0 Å². The van der Waals surface area contributed by atoms with Gasteiger partial charge in [-0.25, -0.2) is 0 Å². The van der Waals surface area contributed by atoms with Crippen LogP contribution in [0.4, 0.5) is 0 Å². The lowest BCUT2D eigenvalue weighted by molar-refractivity contribution is 1.34. The molecule has 10 heavy (non-hydrogen) atoms. The molecule has 0 N–H and O–H groups in total. The highest BCUT2D eigenvalue weighted by molar-refractivity contribution is 5.81. The Kier molecular flexibility index (Phi) is 4.21. The Labute approximate surface area is 62.5 Å². The summed E-state index contributed by atoms with van der Waals surface area (Å²) in [6.07, 6.45) is 5.52. The van der Waals surface area contributed by atoms with E-state index in [4.69, 9.17) is 0 Å². The molecule has 0 atom stereocenters.